The van der Waals surface area contributed by atoms with E-state index in [2.05, 4.69) is 5.32 Å². The van der Waals surface area contributed by atoms with Gasteiger partial charge >= 0.3 is 5.97 Å². The molecule has 0 saturated heterocycles. The molecule has 0 radical (unpaired) electrons. The predicted octanol–water partition coefficient (Wildman–Crippen LogP) is 1.80. The van der Waals surface area contributed by atoms with Gasteiger partial charge in [-0.05, 0) is 26.0 Å². The van der Waals surface area contributed by atoms with E-state index < -0.39 is 0 Å². The maximum Gasteiger partial charge on any atom is 0.330 e. The van der Waals surface area contributed by atoms with Crippen molar-refractivity contribution in [3.63, 3.8) is 0 Å². The summed E-state index contributed by atoms with van der Waals surface area (Å²) in [5.74, 6) is 1.49. The normalized spacial score (nSPS) is 10.9. The summed E-state index contributed by atoms with van der Waals surface area (Å²) in [6.07, 6.45) is 3.15. The number of carbonyl (C=O) groups excluding carboxylic acids is 1. The molecule has 0 spiro atoms. The average molecular weight is 223 g/mol. The summed E-state index contributed by atoms with van der Waals surface area (Å²) in [4.78, 5) is 10.9. The van der Waals surface area contributed by atoms with Crippen molar-refractivity contribution in [1.82, 2.24) is 5.32 Å². The van der Waals surface area contributed by atoms with Crippen LogP contribution in [-0.4, -0.2) is 19.1 Å². The minimum Gasteiger partial charge on any atom is -0.465 e. The minimum absolute atomic E-state index is 0.307. The summed E-state index contributed by atoms with van der Waals surface area (Å²) < 4.78 is 10.1. The van der Waals surface area contributed by atoms with Crippen LogP contribution in [-0.2, 0) is 16.1 Å². The maximum atomic E-state index is 10.9. The third-order valence-electron chi connectivity index (χ3n) is 1.90. The predicted molar refractivity (Wildman–Crippen MR) is 60.9 cm³/mol. The summed E-state index contributed by atoms with van der Waals surface area (Å²) >= 11 is 0. The topological polar surface area (TPSA) is 51.5 Å². The van der Waals surface area contributed by atoms with Gasteiger partial charge in [-0.25, -0.2) is 4.79 Å². The van der Waals surface area contributed by atoms with Crippen LogP contribution < -0.4 is 5.32 Å². The lowest BCUT2D eigenvalue weighted by molar-refractivity contribution is -0.137. The van der Waals surface area contributed by atoms with Gasteiger partial charge in [-0.1, -0.05) is 6.08 Å². The first kappa shape index (κ1) is 12.5. The lowest BCUT2D eigenvalue weighted by atomic mass is 10.4. The second kappa shape index (κ2) is 6.85. The number of esters is 1. The van der Waals surface area contributed by atoms with Crippen LogP contribution in [0.4, 0.5) is 0 Å². The van der Waals surface area contributed by atoms with Crippen molar-refractivity contribution < 1.29 is 13.9 Å². The first-order valence-electron chi connectivity index (χ1n) is 5.31. The molecule has 0 amide bonds. The number of aryl methyl sites for hydroxylation is 1. The standard InChI is InChI=1S/C12H17NO3/c1-3-15-12(14)5-4-8-13-9-11-7-6-10(2)16-11/h4-7,13H,3,8-9H2,1-2H3/b5-4+. The highest BCUT2D eigenvalue weighted by atomic mass is 16.5. The molecule has 16 heavy (non-hydrogen) atoms. The van der Waals surface area contributed by atoms with Crippen molar-refractivity contribution in [3.8, 4) is 0 Å². The number of hydrogen-bond acceptors (Lipinski definition) is 4. The van der Waals surface area contributed by atoms with E-state index in [-0.39, 0.29) is 5.97 Å². The van der Waals surface area contributed by atoms with E-state index in [0.717, 1.165) is 11.5 Å². The molecule has 1 heterocycles. The third kappa shape index (κ3) is 4.79. The summed E-state index contributed by atoms with van der Waals surface area (Å²) in [7, 11) is 0. The van der Waals surface area contributed by atoms with E-state index in [0.29, 0.717) is 19.7 Å². The van der Waals surface area contributed by atoms with Crippen molar-refractivity contribution in [2.75, 3.05) is 13.2 Å². The fourth-order valence-corrected chi connectivity index (χ4v) is 1.20. The van der Waals surface area contributed by atoms with Crippen LogP contribution in [0.1, 0.15) is 18.4 Å². The fraction of sp³-hybridized carbons (Fsp3) is 0.417. The zero-order valence-electron chi connectivity index (χ0n) is 9.66. The van der Waals surface area contributed by atoms with Crippen LogP contribution in [0.5, 0.6) is 0 Å². The lowest BCUT2D eigenvalue weighted by Gasteiger charge is -1.98. The summed E-state index contributed by atoms with van der Waals surface area (Å²) in [6.45, 7) is 5.36. The average Bonchev–Trinajstić information content (AvgIpc) is 2.64. The molecule has 0 unspecified atom stereocenters. The maximum absolute atomic E-state index is 10.9. The highest BCUT2D eigenvalue weighted by Crippen LogP contribution is 2.04. The molecule has 0 atom stereocenters. The minimum atomic E-state index is -0.307. The van der Waals surface area contributed by atoms with Crippen LogP contribution in [0.3, 0.4) is 0 Å². The lowest BCUT2D eigenvalue weighted by Crippen LogP contribution is -2.12. The molecule has 0 bridgehead atoms. The van der Waals surface area contributed by atoms with Gasteiger partial charge in [0.1, 0.15) is 11.5 Å². The number of carbonyl (C=O) groups is 1. The van der Waals surface area contributed by atoms with Crippen LogP contribution in [0, 0.1) is 6.92 Å². The van der Waals surface area contributed by atoms with E-state index in [1.54, 1.807) is 13.0 Å². The number of rotatable bonds is 6. The molecule has 0 fully saturated rings. The van der Waals surface area contributed by atoms with E-state index in [1.807, 2.05) is 19.1 Å². The second-order valence-corrected chi connectivity index (χ2v) is 3.30. The number of hydrogen-bond donors (Lipinski definition) is 1. The Morgan fingerprint density at radius 2 is 2.38 bits per heavy atom. The summed E-state index contributed by atoms with van der Waals surface area (Å²) in [5.41, 5.74) is 0. The fourth-order valence-electron chi connectivity index (χ4n) is 1.20. The molecule has 88 valence electrons. The van der Waals surface area contributed by atoms with Crippen LogP contribution >= 0.6 is 0 Å². The van der Waals surface area contributed by atoms with Crippen LogP contribution in [0.2, 0.25) is 0 Å². The molecule has 4 nitrogen and oxygen atoms in total. The molecule has 0 aliphatic carbocycles. The smallest absolute Gasteiger partial charge is 0.330 e. The highest BCUT2D eigenvalue weighted by Gasteiger charge is 1.96. The van der Waals surface area contributed by atoms with Gasteiger partial charge in [0, 0.05) is 12.6 Å². The molecule has 4 heteroatoms. The molecule has 1 aromatic heterocycles. The molecule has 1 rings (SSSR count). The second-order valence-electron chi connectivity index (χ2n) is 3.30. The number of nitrogens with one attached hydrogen (secondary N) is 1. The number of ether oxygens (including phenoxy) is 1. The van der Waals surface area contributed by atoms with Gasteiger partial charge in [-0.15, -0.1) is 0 Å². The third-order valence-corrected chi connectivity index (χ3v) is 1.90. The van der Waals surface area contributed by atoms with Gasteiger partial charge in [-0.3, -0.25) is 0 Å². The quantitative estimate of drug-likeness (QED) is 0.454. The summed E-state index contributed by atoms with van der Waals surface area (Å²) in [5, 5.41) is 3.12. The van der Waals surface area contributed by atoms with Crippen molar-refractivity contribution in [3.05, 3.63) is 35.8 Å². The monoisotopic (exact) mass is 223 g/mol. The Morgan fingerprint density at radius 1 is 1.56 bits per heavy atom. The Kier molecular flexibility index (Phi) is 5.36. The molecular formula is C12H17NO3. The Morgan fingerprint density at radius 3 is 3.00 bits per heavy atom. The Balaban J connectivity index is 2.14. The van der Waals surface area contributed by atoms with E-state index in [4.69, 9.17) is 9.15 Å². The molecule has 0 aliphatic rings. The van der Waals surface area contributed by atoms with Gasteiger partial charge < -0.3 is 14.5 Å². The molecule has 1 aromatic rings. The Labute approximate surface area is 95.3 Å². The van der Waals surface area contributed by atoms with Crippen molar-refractivity contribution in [2.24, 2.45) is 0 Å². The zero-order valence-corrected chi connectivity index (χ0v) is 9.66. The molecule has 1 N–H and O–H groups in total. The molecular weight excluding hydrogens is 206 g/mol. The molecule has 0 aliphatic heterocycles. The molecule has 0 aromatic carbocycles. The summed E-state index contributed by atoms with van der Waals surface area (Å²) in [6, 6.07) is 3.85. The first-order chi connectivity index (χ1) is 7.72. The van der Waals surface area contributed by atoms with E-state index in [1.165, 1.54) is 6.08 Å². The Bertz CT molecular complexity index is 355. The first-order valence-corrected chi connectivity index (χ1v) is 5.31. The Hall–Kier alpha value is -1.55. The number of furan rings is 1. The SMILES string of the molecule is CCOC(=O)/C=C/CNCc1ccc(C)o1. The van der Waals surface area contributed by atoms with Gasteiger partial charge in [0.25, 0.3) is 0 Å². The van der Waals surface area contributed by atoms with Gasteiger partial charge in [0.2, 0.25) is 0 Å². The molecule has 0 saturated carbocycles. The van der Waals surface area contributed by atoms with Crippen molar-refractivity contribution in [1.29, 1.82) is 0 Å². The zero-order chi connectivity index (χ0) is 11.8. The highest BCUT2D eigenvalue weighted by molar-refractivity contribution is 5.81. The van der Waals surface area contributed by atoms with Gasteiger partial charge in [0.05, 0.1) is 13.2 Å². The van der Waals surface area contributed by atoms with Crippen LogP contribution in [0.25, 0.3) is 0 Å². The van der Waals surface area contributed by atoms with Crippen molar-refractivity contribution >= 4 is 5.97 Å². The van der Waals surface area contributed by atoms with Crippen molar-refractivity contribution in [2.45, 2.75) is 20.4 Å². The van der Waals surface area contributed by atoms with Gasteiger partial charge in [-0.2, -0.15) is 0 Å². The van der Waals surface area contributed by atoms with Gasteiger partial charge in [0.15, 0.2) is 0 Å². The van der Waals surface area contributed by atoms with E-state index >= 15 is 0 Å². The van der Waals surface area contributed by atoms with Crippen LogP contribution in [0.15, 0.2) is 28.7 Å². The van der Waals surface area contributed by atoms with E-state index in [9.17, 15) is 4.79 Å². The largest absolute Gasteiger partial charge is 0.465 e.